The Morgan fingerprint density at radius 3 is 2.45 bits per heavy atom. The van der Waals surface area contributed by atoms with Crippen LogP contribution in [0.25, 0.3) is 0 Å². The third-order valence-corrected chi connectivity index (χ3v) is 5.56. The van der Waals surface area contributed by atoms with Crippen LogP contribution in [0.2, 0.25) is 0 Å². The summed E-state index contributed by atoms with van der Waals surface area (Å²) in [5.41, 5.74) is -1.02. The molecule has 6 heteroatoms. The molecule has 122 valence electrons. The number of furan rings is 1. The minimum atomic E-state index is -3.55. The summed E-state index contributed by atoms with van der Waals surface area (Å²) in [6.45, 7) is 7.88. The highest BCUT2D eigenvalue weighted by Crippen LogP contribution is 2.46. The predicted octanol–water partition coefficient (Wildman–Crippen LogP) is 3.15. The molecule has 1 aliphatic carbocycles. The van der Waals surface area contributed by atoms with Gasteiger partial charge in [-0.05, 0) is 30.4 Å². The number of hydrogen-bond donors (Lipinski definition) is 1. The van der Waals surface area contributed by atoms with Gasteiger partial charge in [0.15, 0.2) is 0 Å². The van der Waals surface area contributed by atoms with Crippen LogP contribution in [0, 0.1) is 22.2 Å². The van der Waals surface area contributed by atoms with Crippen molar-refractivity contribution in [2.75, 3.05) is 5.75 Å². The molecule has 2 rings (SSSR count). The van der Waals surface area contributed by atoms with Gasteiger partial charge in [-0.25, -0.2) is 13.1 Å². The quantitative estimate of drug-likeness (QED) is 0.871. The van der Waals surface area contributed by atoms with Gasteiger partial charge in [-0.2, -0.15) is 5.26 Å². The van der Waals surface area contributed by atoms with E-state index in [1.807, 2.05) is 39.8 Å². The summed E-state index contributed by atoms with van der Waals surface area (Å²) in [5.74, 6) is 1.32. The van der Waals surface area contributed by atoms with Crippen molar-refractivity contribution in [3.8, 4) is 6.07 Å². The molecule has 1 atom stereocenters. The van der Waals surface area contributed by atoms with E-state index < -0.39 is 21.5 Å². The molecule has 1 aromatic rings. The molecule has 0 bridgehead atoms. The lowest BCUT2D eigenvalue weighted by Gasteiger charge is -2.30. The van der Waals surface area contributed by atoms with Crippen LogP contribution in [0.1, 0.15) is 58.1 Å². The zero-order chi connectivity index (χ0) is 16.6. The molecule has 0 aliphatic heterocycles. The number of nitrogens with one attached hydrogen (secondary N) is 1. The molecule has 1 aliphatic rings. The number of rotatable bonds is 6. The lowest BCUT2D eigenvalue weighted by molar-refractivity contribution is 0.261. The maximum atomic E-state index is 12.4. The zero-order valence-corrected chi connectivity index (χ0v) is 14.5. The first-order chi connectivity index (χ1) is 10.1. The van der Waals surface area contributed by atoms with Crippen LogP contribution in [-0.4, -0.2) is 14.2 Å². The normalized spacial score (nSPS) is 18.7. The van der Waals surface area contributed by atoms with Crippen molar-refractivity contribution in [3.63, 3.8) is 0 Å². The van der Waals surface area contributed by atoms with E-state index in [-0.39, 0.29) is 11.2 Å². The smallest absolute Gasteiger partial charge is 0.213 e. The molecule has 1 fully saturated rings. The Morgan fingerprint density at radius 1 is 1.41 bits per heavy atom. The molecule has 1 aromatic heterocycles. The highest BCUT2D eigenvalue weighted by Gasteiger charge is 2.47. The standard InChI is InChI=1S/C16H24N2O3S/c1-5-12-6-7-13(21-12)14(15(2,3)4)18-22(19,20)11-16(10-17)8-9-16/h6-7,14,18H,5,8-9,11H2,1-4H3/t14-/m1/s1. The SMILES string of the molecule is CCc1ccc([C@@H](NS(=O)(=O)CC2(C#N)CC2)C(C)(C)C)o1. The van der Waals surface area contributed by atoms with E-state index in [0.717, 1.165) is 12.2 Å². The molecule has 1 saturated carbocycles. The van der Waals surface area contributed by atoms with Crippen molar-refractivity contribution in [2.45, 2.75) is 53.0 Å². The molecular formula is C16H24N2O3S. The van der Waals surface area contributed by atoms with Gasteiger partial charge in [-0.15, -0.1) is 0 Å². The number of hydrogen-bond acceptors (Lipinski definition) is 4. The van der Waals surface area contributed by atoms with Crippen molar-refractivity contribution < 1.29 is 12.8 Å². The van der Waals surface area contributed by atoms with Gasteiger partial charge in [0.25, 0.3) is 0 Å². The van der Waals surface area contributed by atoms with Crippen molar-refractivity contribution >= 4 is 10.0 Å². The first-order valence-electron chi connectivity index (χ1n) is 7.61. The molecule has 0 saturated heterocycles. The largest absolute Gasteiger partial charge is 0.464 e. The van der Waals surface area contributed by atoms with E-state index in [1.165, 1.54) is 0 Å². The third-order valence-electron chi connectivity index (χ3n) is 4.04. The Balaban J connectivity index is 2.22. The second-order valence-corrected chi connectivity index (χ2v) is 8.98. The van der Waals surface area contributed by atoms with E-state index in [9.17, 15) is 8.42 Å². The summed E-state index contributed by atoms with van der Waals surface area (Å²) in [5, 5.41) is 9.11. The highest BCUT2D eigenvalue weighted by atomic mass is 32.2. The van der Waals surface area contributed by atoms with Crippen molar-refractivity contribution in [1.29, 1.82) is 5.26 Å². The van der Waals surface area contributed by atoms with E-state index in [2.05, 4.69) is 10.8 Å². The van der Waals surface area contributed by atoms with Crippen molar-refractivity contribution in [3.05, 3.63) is 23.7 Å². The second kappa shape index (κ2) is 5.71. The molecule has 0 aromatic carbocycles. The van der Waals surface area contributed by atoms with Crippen molar-refractivity contribution in [1.82, 2.24) is 4.72 Å². The summed E-state index contributed by atoms with van der Waals surface area (Å²) < 4.78 is 33.4. The summed E-state index contributed by atoms with van der Waals surface area (Å²) in [6, 6.07) is 5.38. The Morgan fingerprint density at radius 2 is 2.05 bits per heavy atom. The van der Waals surface area contributed by atoms with Gasteiger partial charge in [0.05, 0.1) is 23.3 Å². The van der Waals surface area contributed by atoms with Crippen LogP contribution in [-0.2, 0) is 16.4 Å². The molecule has 0 radical (unpaired) electrons. The first-order valence-corrected chi connectivity index (χ1v) is 9.26. The molecule has 0 amide bonds. The summed E-state index contributed by atoms with van der Waals surface area (Å²) >= 11 is 0. The van der Waals surface area contributed by atoms with E-state index in [0.29, 0.717) is 18.6 Å². The van der Waals surface area contributed by atoms with Gasteiger partial charge in [-0.3, -0.25) is 0 Å². The second-order valence-electron chi connectivity index (χ2n) is 7.23. The summed E-state index contributed by atoms with van der Waals surface area (Å²) in [7, 11) is -3.55. The van der Waals surface area contributed by atoms with Crippen LogP contribution in [0.4, 0.5) is 0 Å². The van der Waals surface area contributed by atoms with Gasteiger partial charge in [0.2, 0.25) is 10.0 Å². The Hall–Kier alpha value is -1.32. The summed E-state index contributed by atoms with van der Waals surface area (Å²) in [4.78, 5) is 0. The van der Waals surface area contributed by atoms with Crippen LogP contribution in [0.5, 0.6) is 0 Å². The van der Waals surface area contributed by atoms with Gasteiger partial charge in [-0.1, -0.05) is 27.7 Å². The molecule has 1 heterocycles. The lowest BCUT2D eigenvalue weighted by Crippen LogP contribution is -2.39. The topological polar surface area (TPSA) is 83.1 Å². The van der Waals surface area contributed by atoms with Gasteiger partial charge >= 0.3 is 0 Å². The fourth-order valence-electron chi connectivity index (χ4n) is 2.43. The van der Waals surface area contributed by atoms with Gasteiger partial charge < -0.3 is 4.42 Å². The fraction of sp³-hybridized carbons (Fsp3) is 0.688. The lowest BCUT2D eigenvalue weighted by atomic mass is 9.86. The maximum Gasteiger partial charge on any atom is 0.213 e. The number of sulfonamides is 1. The molecular weight excluding hydrogens is 300 g/mol. The van der Waals surface area contributed by atoms with E-state index in [1.54, 1.807) is 0 Å². The Kier molecular flexibility index (Phi) is 4.42. The molecule has 0 spiro atoms. The van der Waals surface area contributed by atoms with E-state index in [4.69, 9.17) is 9.68 Å². The Labute approximate surface area is 132 Å². The minimum Gasteiger partial charge on any atom is -0.464 e. The van der Waals surface area contributed by atoms with Gasteiger partial charge in [0.1, 0.15) is 11.5 Å². The van der Waals surface area contributed by atoms with Crippen LogP contribution in [0.3, 0.4) is 0 Å². The molecule has 22 heavy (non-hydrogen) atoms. The average Bonchev–Trinajstić information content (AvgIpc) is 3.01. The fourth-order valence-corrected chi connectivity index (χ4v) is 4.42. The summed E-state index contributed by atoms with van der Waals surface area (Å²) in [6.07, 6.45) is 2.08. The Bertz CT molecular complexity index is 673. The molecule has 0 unspecified atom stereocenters. The monoisotopic (exact) mass is 324 g/mol. The first kappa shape index (κ1) is 17.0. The number of nitriles is 1. The maximum absolute atomic E-state index is 12.4. The highest BCUT2D eigenvalue weighted by molar-refractivity contribution is 7.89. The number of aryl methyl sites for hydroxylation is 1. The molecule has 1 N–H and O–H groups in total. The average molecular weight is 324 g/mol. The third kappa shape index (κ3) is 3.90. The molecule has 5 nitrogen and oxygen atoms in total. The van der Waals surface area contributed by atoms with Gasteiger partial charge in [0, 0.05) is 6.42 Å². The van der Waals surface area contributed by atoms with Crippen LogP contribution < -0.4 is 4.72 Å². The van der Waals surface area contributed by atoms with Crippen LogP contribution in [0.15, 0.2) is 16.5 Å². The van der Waals surface area contributed by atoms with E-state index >= 15 is 0 Å². The van der Waals surface area contributed by atoms with Crippen molar-refractivity contribution in [2.24, 2.45) is 10.8 Å². The predicted molar refractivity (Wildman–Crippen MR) is 84.5 cm³/mol. The van der Waals surface area contributed by atoms with Crippen LogP contribution >= 0.6 is 0 Å². The number of nitrogens with zero attached hydrogens (tertiary/aromatic N) is 1. The zero-order valence-electron chi connectivity index (χ0n) is 13.6. The minimum absolute atomic E-state index is 0.135.